The van der Waals surface area contributed by atoms with Gasteiger partial charge in [-0.05, 0) is 35.6 Å². The van der Waals surface area contributed by atoms with Crippen molar-refractivity contribution in [1.82, 2.24) is 0 Å². The minimum absolute atomic E-state index is 0.267. The van der Waals surface area contributed by atoms with Gasteiger partial charge >= 0.3 is 0 Å². The summed E-state index contributed by atoms with van der Waals surface area (Å²) in [5.74, 6) is 0.619. The standard InChI is InChI=1S/C14H20O2/c1-4-12(15)9-14(10(2)3)11-5-7-13(16)8-6-11/h5-10,12,15-16H,4H2,1-3H3/b14-9-. The monoisotopic (exact) mass is 220 g/mol. The first kappa shape index (κ1) is 12.8. The van der Waals surface area contributed by atoms with Crippen molar-refractivity contribution >= 4 is 5.57 Å². The lowest BCUT2D eigenvalue weighted by molar-refractivity contribution is 0.219. The van der Waals surface area contributed by atoms with Crippen molar-refractivity contribution in [2.75, 3.05) is 0 Å². The molecule has 0 saturated heterocycles. The van der Waals surface area contributed by atoms with Crippen LogP contribution in [0.4, 0.5) is 0 Å². The zero-order valence-electron chi connectivity index (χ0n) is 10.1. The average molecular weight is 220 g/mol. The quantitative estimate of drug-likeness (QED) is 0.818. The Kier molecular flexibility index (Phi) is 4.56. The fourth-order valence-electron chi connectivity index (χ4n) is 1.60. The molecule has 88 valence electrons. The molecule has 0 radical (unpaired) electrons. The molecule has 0 spiro atoms. The van der Waals surface area contributed by atoms with Crippen LogP contribution in [0.1, 0.15) is 32.8 Å². The number of phenolic OH excluding ortho intramolecular Hbond substituents is 1. The molecule has 0 saturated carbocycles. The number of phenols is 1. The van der Waals surface area contributed by atoms with E-state index in [1.165, 1.54) is 0 Å². The highest BCUT2D eigenvalue weighted by molar-refractivity contribution is 5.67. The summed E-state index contributed by atoms with van der Waals surface area (Å²) in [6.07, 6.45) is 2.22. The first-order chi connectivity index (χ1) is 7.54. The van der Waals surface area contributed by atoms with Gasteiger partial charge in [-0.1, -0.05) is 39.0 Å². The van der Waals surface area contributed by atoms with Crippen LogP contribution in [0.2, 0.25) is 0 Å². The van der Waals surface area contributed by atoms with E-state index in [0.29, 0.717) is 12.3 Å². The van der Waals surface area contributed by atoms with E-state index >= 15 is 0 Å². The number of aliphatic hydroxyl groups is 1. The van der Waals surface area contributed by atoms with Crippen molar-refractivity contribution in [3.63, 3.8) is 0 Å². The predicted molar refractivity (Wildman–Crippen MR) is 67.2 cm³/mol. The van der Waals surface area contributed by atoms with Gasteiger partial charge in [0.1, 0.15) is 5.75 Å². The summed E-state index contributed by atoms with van der Waals surface area (Å²) >= 11 is 0. The van der Waals surface area contributed by atoms with E-state index in [0.717, 1.165) is 11.1 Å². The topological polar surface area (TPSA) is 40.5 Å². The van der Waals surface area contributed by atoms with Crippen LogP contribution in [0.3, 0.4) is 0 Å². The van der Waals surface area contributed by atoms with E-state index in [9.17, 15) is 10.2 Å². The highest BCUT2D eigenvalue weighted by Crippen LogP contribution is 2.25. The first-order valence-electron chi connectivity index (χ1n) is 5.73. The van der Waals surface area contributed by atoms with Crippen molar-refractivity contribution in [3.05, 3.63) is 35.9 Å². The van der Waals surface area contributed by atoms with Crippen LogP contribution in [0, 0.1) is 5.92 Å². The third kappa shape index (κ3) is 3.38. The van der Waals surface area contributed by atoms with Crippen molar-refractivity contribution in [2.45, 2.75) is 33.3 Å². The van der Waals surface area contributed by atoms with Crippen molar-refractivity contribution in [1.29, 1.82) is 0 Å². The van der Waals surface area contributed by atoms with Gasteiger partial charge in [-0.2, -0.15) is 0 Å². The van der Waals surface area contributed by atoms with Gasteiger partial charge in [0, 0.05) is 0 Å². The molecule has 2 heteroatoms. The number of aromatic hydroxyl groups is 1. The average Bonchev–Trinajstić information content (AvgIpc) is 2.26. The largest absolute Gasteiger partial charge is 0.508 e. The Morgan fingerprint density at radius 2 is 1.81 bits per heavy atom. The zero-order chi connectivity index (χ0) is 12.1. The number of allylic oxidation sites excluding steroid dienone is 1. The van der Waals surface area contributed by atoms with Crippen molar-refractivity contribution < 1.29 is 10.2 Å². The van der Waals surface area contributed by atoms with E-state index in [4.69, 9.17) is 0 Å². The number of hydrogen-bond acceptors (Lipinski definition) is 2. The molecule has 0 aliphatic rings. The van der Waals surface area contributed by atoms with E-state index in [-0.39, 0.29) is 5.75 Å². The maximum atomic E-state index is 9.67. The molecule has 2 nitrogen and oxygen atoms in total. The summed E-state index contributed by atoms with van der Waals surface area (Å²) in [4.78, 5) is 0. The molecule has 1 aromatic rings. The van der Waals surface area contributed by atoms with Crippen LogP contribution < -0.4 is 0 Å². The summed E-state index contributed by atoms with van der Waals surface area (Å²) in [5, 5.41) is 18.9. The Morgan fingerprint density at radius 1 is 1.25 bits per heavy atom. The molecule has 1 aromatic carbocycles. The maximum Gasteiger partial charge on any atom is 0.115 e. The molecule has 16 heavy (non-hydrogen) atoms. The molecule has 1 unspecified atom stereocenters. The number of benzene rings is 1. The third-order valence-corrected chi connectivity index (χ3v) is 2.61. The molecular weight excluding hydrogens is 200 g/mol. The highest BCUT2D eigenvalue weighted by atomic mass is 16.3. The molecule has 0 aromatic heterocycles. The number of rotatable bonds is 4. The van der Waals surface area contributed by atoms with Gasteiger partial charge in [0.25, 0.3) is 0 Å². The molecule has 0 heterocycles. The van der Waals surface area contributed by atoms with Crippen molar-refractivity contribution in [3.8, 4) is 5.75 Å². The van der Waals surface area contributed by atoms with Gasteiger partial charge in [0.2, 0.25) is 0 Å². The van der Waals surface area contributed by atoms with Crippen LogP contribution in [0.5, 0.6) is 5.75 Å². The molecule has 1 rings (SSSR count). The fraction of sp³-hybridized carbons (Fsp3) is 0.429. The Morgan fingerprint density at radius 3 is 2.25 bits per heavy atom. The lowest BCUT2D eigenvalue weighted by Gasteiger charge is -2.14. The van der Waals surface area contributed by atoms with E-state index in [2.05, 4.69) is 13.8 Å². The Labute approximate surface area is 97.2 Å². The molecule has 0 bridgehead atoms. The van der Waals surface area contributed by atoms with Crippen LogP contribution in [0.15, 0.2) is 30.3 Å². The molecule has 0 amide bonds. The number of aliphatic hydroxyl groups excluding tert-OH is 1. The summed E-state index contributed by atoms with van der Waals surface area (Å²) < 4.78 is 0. The Hall–Kier alpha value is -1.28. The molecule has 0 aliphatic heterocycles. The summed E-state index contributed by atoms with van der Waals surface area (Å²) in [7, 11) is 0. The Bertz CT molecular complexity index is 350. The lowest BCUT2D eigenvalue weighted by Crippen LogP contribution is -2.03. The SMILES string of the molecule is CCC(O)/C=C(\c1ccc(O)cc1)C(C)C. The van der Waals surface area contributed by atoms with E-state index < -0.39 is 6.10 Å². The highest BCUT2D eigenvalue weighted by Gasteiger charge is 2.08. The predicted octanol–water partition coefficient (Wildman–Crippen LogP) is 3.20. The van der Waals surface area contributed by atoms with Crippen molar-refractivity contribution in [2.24, 2.45) is 5.92 Å². The normalized spacial score (nSPS) is 14.2. The van der Waals surface area contributed by atoms with Gasteiger partial charge in [0.15, 0.2) is 0 Å². The van der Waals surface area contributed by atoms with E-state index in [1.807, 2.05) is 25.1 Å². The molecular formula is C14H20O2. The first-order valence-corrected chi connectivity index (χ1v) is 5.73. The second kappa shape index (κ2) is 5.71. The smallest absolute Gasteiger partial charge is 0.115 e. The van der Waals surface area contributed by atoms with Crippen LogP contribution in [-0.4, -0.2) is 16.3 Å². The summed E-state index contributed by atoms with van der Waals surface area (Å²) in [6.45, 7) is 6.15. The zero-order valence-corrected chi connectivity index (χ0v) is 10.1. The van der Waals surface area contributed by atoms with Gasteiger partial charge in [-0.25, -0.2) is 0 Å². The van der Waals surface area contributed by atoms with Gasteiger partial charge in [0.05, 0.1) is 6.10 Å². The summed E-state index contributed by atoms with van der Waals surface area (Å²) in [5.41, 5.74) is 2.18. The molecule has 1 atom stereocenters. The van der Waals surface area contributed by atoms with Crippen LogP contribution >= 0.6 is 0 Å². The Balaban J connectivity index is 3.03. The molecule has 0 aliphatic carbocycles. The van der Waals surface area contributed by atoms with Gasteiger partial charge in [-0.15, -0.1) is 0 Å². The maximum absolute atomic E-state index is 9.67. The van der Waals surface area contributed by atoms with Crippen LogP contribution in [-0.2, 0) is 0 Å². The van der Waals surface area contributed by atoms with Crippen LogP contribution in [0.25, 0.3) is 5.57 Å². The molecule has 0 fully saturated rings. The summed E-state index contributed by atoms with van der Waals surface area (Å²) in [6, 6.07) is 7.10. The second-order valence-electron chi connectivity index (χ2n) is 4.30. The minimum Gasteiger partial charge on any atom is -0.508 e. The number of hydrogen-bond donors (Lipinski definition) is 2. The third-order valence-electron chi connectivity index (χ3n) is 2.61. The lowest BCUT2D eigenvalue weighted by atomic mass is 9.93. The van der Waals surface area contributed by atoms with E-state index in [1.54, 1.807) is 12.1 Å². The minimum atomic E-state index is -0.397. The van der Waals surface area contributed by atoms with Gasteiger partial charge in [-0.3, -0.25) is 0 Å². The van der Waals surface area contributed by atoms with Gasteiger partial charge < -0.3 is 10.2 Å². The molecule has 2 N–H and O–H groups in total. The second-order valence-corrected chi connectivity index (χ2v) is 4.30. The fourth-order valence-corrected chi connectivity index (χ4v) is 1.60.